The van der Waals surface area contributed by atoms with Crippen molar-refractivity contribution in [1.82, 2.24) is 4.90 Å². The largest absolute Gasteiger partial charge is 0.464 e. The lowest BCUT2D eigenvalue weighted by Gasteiger charge is -2.21. The maximum atomic E-state index is 12.3. The summed E-state index contributed by atoms with van der Waals surface area (Å²) in [7, 11) is 0. The van der Waals surface area contributed by atoms with E-state index in [1.165, 1.54) is 77.0 Å². The molecule has 0 aromatic carbocycles. The van der Waals surface area contributed by atoms with Crippen LogP contribution < -0.4 is 0 Å². The number of nitrogens with zero attached hydrogens (tertiary/aromatic N) is 1. The van der Waals surface area contributed by atoms with Gasteiger partial charge >= 0.3 is 11.9 Å². The topological polar surface area (TPSA) is 72.9 Å². The summed E-state index contributed by atoms with van der Waals surface area (Å²) >= 11 is 3.21. The third-order valence-corrected chi connectivity index (χ3v) is 8.86. The summed E-state index contributed by atoms with van der Waals surface area (Å²) in [6.07, 6.45) is 44.1. The minimum absolute atomic E-state index is 0.116. The molecule has 0 unspecified atom stereocenters. The molecule has 0 heterocycles. The van der Waals surface area contributed by atoms with E-state index in [0.29, 0.717) is 25.9 Å². The van der Waals surface area contributed by atoms with Crippen molar-refractivity contribution in [3.63, 3.8) is 0 Å². The molecule has 0 rings (SSSR count). The molecule has 49 heavy (non-hydrogen) atoms. The molecule has 0 aromatic heterocycles. The van der Waals surface area contributed by atoms with Crippen LogP contribution in [0, 0.1) is 0 Å². The molecule has 0 radical (unpaired) electrons. The Balaban J connectivity index is 3.80. The molecule has 0 fully saturated rings. The molecule has 0 saturated carbocycles. The number of ether oxygens (including phenoxy) is 2. The fourth-order valence-corrected chi connectivity index (χ4v) is 5.65. The van der Waals surface area contributed by atoms with Crippen LogP contribution in [0.5, 0.6) is 0 Å². The van der Waals surface area contributed by atoms with Crippen molar-refractivity contribution in [2.24, 2.45) is 0 Å². The van der Waals surface area contributed by atoms with E-state index in [9.17, 15) is 14.4 Å². The van der Waals surface area contributed by atoms with Gasteiger partial charge in [-0.1, -0.05) is 143 Å². The van der Waals surface area contributed by atoms with Gasteiger partial charge in [0.25, 0.3) is 0 Å². The van der Waals surface area contributed by atoms with Crippen LogP contribution in [0.1, 0.15) is 168 Å². The van der Waals surface area contributed by atoms with Gasteiger partial charge in [-0.2, -0.15) is 0 Å². The van der Waals surface area contributed by atoms with Crippen LogP contribution in [0.2, 0.25) is 0 Å². The molecule has 0 aliphatic rings. The summed E-state index contributed by atoms with van der Waals surface area (Å²) in [4.78, 5) is 38.2. The smallest absolute Gasteiger partial charge is 0.305 e. The molecule has 0 saturated heterocycles. The number of allylic oxidation sites excluding steroid dienone is 8. The number of halogens is 1. The Morgan fingerprint density at radius 3 is 1.20 bits per heavy atom. The number of hydrogen-bond acceptors (Lipinski definition) is 5. The first-order valence-electron chi connectivity index (χ1n) is 19.8. The highest BCUT2D eigenvalue weighted by molar-refractivity contribution is 9.09. The third-order valence-electron chi connectivity index (χ3n) is 8.38. The fraction of sp³-hybridized carbons (Fsp3) is 0.738. The fourth-order valence-electron chi connectivity index (χ4n) is 5.29. The number of carbonyl (C=O) groups excluding carboxylic acids is 3. The summed E-state index contributed by atoms with van der Waals surface area (Å²) < 4.78 is 10.7. The predicted octanol–water partition coefficient (Wildman–Crippen LogP) is 11.9. The molecule has 0 aliphatic heterocycles. The summed E-state index contributed by atoms with van der Waals surface area (Å²) in [5, 5.41) is 0.173. The van der Waals surface area contributed by atoms with Crippen molar-refractivity contribution in [2.45, 2.75) is 168 Å². The Morgan fingerprint density at radius 1 is 0.490 bits per heavy atom. The van der Waals surface area contributed by atoms with Gasteiger partial charge < -0.3 is 14.4 Å². The second-order valence-corrected chi connectivity index (χ2v) is 13.5. The quantitative estimate of drug-likeness (QED) is 0.0279. The zero-order valence-corrected chi connectivity index (χ0v) is 33.1. The van der Waals surface area contributed by atoms with E-state index in [-0.39, 0.29) is 36.4 Å². The Labute approximate surface area is 309 Å². The van der Waals surface area contributed by atoms with Crippen LogP contribution in [-0.2, 0) is 23.9 Å². The zero-order valence-electron chi connectivity index (χ0n) is 31.5. The van der Waals surface area contributed by atoms with E-state index < -0.39 is 0 Å². The van der Waals surface area contributed by atoms with Gasteiger partial charge in [0, 0.05) is 12.8 Å². The molecule has 0 spiro atoms. The van der Waals surface area contributed by atoms with Crippen LogP contribution in [-0.4, -0.2) is 54.4 Å². The summed E-state index contributed by atoms with van der Waals surface area (Å²) in [5.41, 5.74) is 0. The second kappa shape index (κ2) is 38.6. The molecule has 7 heteroatoms. The number of esters is 2. The number of carbonyl (C=O) groups is 3. The molecular weight excluding hydrogens is 678 g/mol. The number of rotatable bonds is 35. The van der Waals surface area contributed by atoms with Crippen LogP contribution in [0.25, 0.3) is 0 Å². The number of amides is 1. The van der Waals surface area contributed by atoms with Crippen molar-refractivity contribution in [2.75, 3.05) is 31.6 Å². The molecule has 6 nitrogen and oxygen atoms in total. The molecule has 0 N–H and O–H groups in total. The predicted molar refractivity (Wildman–Crippen MR) is 211 cm³/mol. The average Bonchev–Trinajstić information content (AvgIpc) is 3.10. The van der Waals surface area contributed by atoms with Crippen molar-refractivity contribution >= 4 is 33.8 Å². The van der Waals surface area contributed by atoms with Gasteiger partial charge in [-0.3, -0.25) is 14.4 Å². The van der Waals surface area contributed by atoms with Crippen LogP contribution in [0.15, 0.2) is 48.6 Å². The number of unbranched alkanes of at least 4 members (excludes halogenated alkanes) is 16. The van der Waals surface area contributed by atoms with Crippen LogP contribution >= 0.6 is 15.9 Å². The monoisotopic (exact) mass is 749 g/mol. The van der Waals surface area contributed by atoms with Gasteiger partial charge in [-0.25, -0.2) is 0 Å². The number of hydrogen-bond donors (Lipinski definition) is 0. The van der Waals surface area contributed by atoms with E-state index in [0.717, 1.165) is 64.2 Å². The Morgan fingerprint density at radius 2 is 0.837 bits per heavy atom. The van der Waals surface area contributed by atoms with Crippen molar-refractivity contribution in [3.8, 4) is 0 Å². The lowest BCUT2D eigenvalue weighted by atomic mass is 10.1. The molecule has 0 aromatic rings. The highest BCUT2D eigenvalue weighted by atomic mass is 79.9. The van der Waals surface area contributed by atoms with Gasteiger partial charge in [0.1, 0.15) is 13.2 Å². The summed E-state index contributed by atoms with van der Waals surface area (Å²) in [5.74, 6) is -0.559. The van der Waals surface area contributed by atoms with Gasteiger partial charge in [0.05, 0.1) is 18.4 Å². The molecule has 1 amide bonds. The highest BCUT2D eigenvalue weighted by Gasteiger charge is 2.14. The van der Waals surface area contributed by atoms with Gasteiger partial charge in [-0.15, -0.1) is 0 Å². The van der Waals surface area contributed by atoms with Crippen molar-refractivity contribution < 1.29 is 23.9 Å². The van der Waals surface area contributed by atoms with Gasteiger partial charge in [-0.05, 0) is 77.0 Å². The van der Waals surface area contributed by atoms with Gasteiger partial charge in [0.2, 0.25) is 5.91 Å². The maximum absolute atomic E-state index is 12.3. The molecule has 282 valence electrons. The summed E-state index contributed by atoms with van der Waals surface area (Å²) in [6, 6.07) is 0. The van der Waals surface area contributed by atoms with E-state index in [1.807, 2.05) is 0 Å². The van der Waals surface area contributed by atoms with E-state index in [2.05, 4.69) is 78.4 Å². The standard InChI is InChI=1S/C42H72BrNO5/c1-3-5-7-9-11-13-15-17-19-21-23-25-27-29-31-33-41(46)48-37-35-44(40(45)39-43)36-38-49-42(47)34-32-30-28-26-24-22-20-18-16-14-12-10-8-6-4-2/h11-14,17-20H,3-10,15-16,21-39H2,1-2H3/b13-11-,14-12-,19-17-,20-18-. The highest BCUT2D eigenvalue weighted by Crippen LogP contribution is 2.10. The first-order valence-corrected chi connectivity index (χ1v) is 20.9. The zero-order chi connectivity index (χ0) is 35.9. The van der Waals surface area contributed by atoms with E-state index in [4.69, 9.17) is 9.47 Å². The number of alkyl halides is 1. The van der Waals surface area contributed by atoms with E-state index in [1.54, 1.807) is 4.90 Å². The molecular formula is C42H72BrNO5. The first-order chi connectivity index (χ1) is 24.0. The summed E-state index contributed by atoms with van der Waals surface area (Å²) in [6.45, 7) is 5.35. The second-order valence-electron chi connectivity index (χ2n) is 12.9. The van der Waals surface area contributed by atoms with E-state index >= 15 is 0 Å². The van der Waals surface area contributed by atoms with Crippen molar-refractivity contribution in [1.29, 1.82) is 0 Å². The third kappa shape index (κ3) is 35.5. The van der Waals surface area contributed by atoms with Crippen molar-refractivity contribution in [3.05, 3.63) is 48.6 Å². The normalized spacial score (nSPS) is 11.8. The molecule has 0 aliphatic carbocycles. The Hall–Kier alpha value is -2.15. The first kappa shape index (κ1) is 46.9. The minimum atomic E-state index is -0.222. The molecule has 0 bridgehead atoms. The SMILES string of the molecule is CCCCC/C=C\C/C=C\CCCCCCCC(=O)OCCN(CCOC(=O)CCCCCCC/C=C\C/C=C\CCCCC)C(=O)CBr. The maximum Gasteiger partial charge on any atom is 0.305 e. The average molecular weight is 751 g/mol. The Bertz CT molecular complexity index is 834. The van der Waals surface area contributed by atoms with Gasteiger partial charge in [0.15, 0.2) is 0 Å². The molecule has 0 atom stereocenters. The van der Waals surface area contributed by atoms with Crippen LogP contribution in [0.3, 0.4) is 0 Å². The Kier molecular flexibility index (Phi) is 37.0. The van der Waals surface area contributed by atoms with Crippen LogP contribution in [0.4, 0.5) is 0 Å². The lowest BCUT2D eigenvalue weighted by Crippen LogP contribution is -2.38. The minimum Gasteiger partial charge on any atom is -0.464 e. The lowest BCUT2D eigenvalue weighted by molar-refractivity contribution is -0.147.